The van der Waals surface area contributed by atoms with Crippen molar-refractivity contribution in [3.8, 4) is 5.75 Å². The van der Waals surface area contributed by atoms with Gasteiger partial charge in [-0.15, -0.1) is 0 Å². The van der Waals surface area contributed by atoms with Gasteiger partial charge in [0.05, 0.1) is 0 Å². The minimum Gasteiger partial charge on any atom is -0.508 e. The average molecular weight is 247 g/mol. The van der Waals surface area contributed by atoms with Crippen molar-refractivity contribution >= 4 is 0 Å². The first-order valence-electron chi connectivity index (χ1n) is 7.24. The zero-order valence-electron chi connectivity index (χ0n) is 11.5. The highest BCUT2D eigenvalue weighted by Gasteiger charge is 2.21. The molecule has 2 rings (SSSR count). The number of phenols is 1. The third-order valence-electron chi connectivity index (χ3n) is 4.30. The summed E-state index contributed by atoms with van der Waals surface area (Å²) in [5.74, 6) is 1.29. The summed E-state index contributed by atoms with van der Waals surface area (Å²) in [6.07, 6.45) is 6.69. The predicted molar refractivity (Wildman–Crippen MR) is 75.7 cm³/mol. The monoisotopic (exact) mass is 247 g/mol. The quantitative estimate of drug-likeness (QED) is 0.842. The Morgan fingerprint density at radius 1 is 1.17 bits per heavy atom. The van der Waals surface area contributed by atoms with Crippen molar-refractivity contribution in [1.29, 1.82) is 0 Å². The van der Waals surface area contributed by atoms with Crippen molar-refractivity contribution in [2.45, 2.75) is 58.0 Å². The van der Waals surface area contributed by atoms with E-state index in [1.165, 1.54) is 37.7 Å². The lowest BCUT2D eigenvalue weighted by Crippen LogP contribution is -2.34. The van der Waals surface area contributed by atoms with Crippen LogP contribution in [0.4, 0.5) is 0 Å². The van der Waals surface area contributed by atoms with Gasteiger partial charge in [0.25, 0.3) is 0 Å². The van der Waals surface area contributed by atoms with E-state index < -0.39 is 0 Å². The summed E-state index contributed by atoms with van der Waals surface area (Å²) in [4.78, 5) is 0. The topological polar surface area (TPSA) is 32.3 Å². The molecule has 2 nitrogen and oxygen atoms in total. The van der Waals surface area contributed by atoms with Gasteiger partial charge in [-0.3, -0.25) is 0 Å². The molecule has 1 aromatic rings. The van der Waals surface area contributed by atoms with Crippen LogP contribution in [0.15, 0.2) is 24.3 Å². The highest BCUT2D eigenvalue weighted by Crippen LogP contribution is 2.28. The van der Waals surface area contributed by atoms with Crippen LogP contribution in [-0.2, 0) is 0 Å². The summed E-state index contributed by atoms with van der Waals surface area (Å²) in [5, 5.41) is 13.0. The second-order valence-electron chi connectivity index (χ2n) is 5.61. The fourth-order valence-electron chi connectivity index (χ4n) is 2.95. The Labute approximate surface area is 110 Å². The summed E-state index contributed by atoms with van der Waals surface area (Å²) >= 11 is 0. The van der Waals surface area contributed by atoms with E-state index in [9.17, 15) is 5.11 Å². The molecular weight excluding hydrogens is 222 g/mol. The summed E-state index contributed by atoms with van der Waals surface area (Å²) in [7, 11) is 0. The Morgan fingerprint density at radius 2 is 1.78 bits per heavy atom. The van der Waals surface area contributed by atoms with E-state index in [-0.39, 0.29) is 0 Å². The Bertz CT molecular complexity index is 352. The molecule has 1 saturated carbocycles. The first-order valence-corrected chi connectivity index (χ1v) is 7.24. The van der Waals surface area contributed by atoms with Gasteiger partial charge in [-0.05, 0) is 56.2 Å². The van der Waals surface area contributed by atoms with E-state index in [1.54, 1.807) is 12.1 Å². The number of nitrogens with one attached hydrogen (secondary N) is 1. The fourth-order valence-corrected chi connectivity index (χ4v) is 2.95. The van der Waals surface area contributed by atoms with Crippen molar-refractivity contribution in [2.75, 3.05) is 0 Å². The summed E-state index contributed by atoms with van der Waals surface area (Å²) < 4.78 is 0. The number of hydrogen-bond donors (Lipinski definition) is 2. The Hall–Kier alpha value is -1.02. The smallest absolute Gasteiger partial charge is 0.115 e. The Morgan fingerprint density at radius 3 is 2.33 bits per heavy atom. The van der Waals surface area contributed by atoms with Gasteiger partial charge < -0.3 is 10.4 Å². The molecule has 0 amide bonds. The van der Waals surface area contributed by atoms with Gasteiger partial charge in [-0.1, -0.05) is 25.5 Å². The molecule has 0 saturated heterocycles. The number of phenolic OH excluding ortho intramolecular Hbond substituents is 1. The maximum atomic E-state index is 9.30. The van der Waals surface area contributed by atoms with Crippen LogP contribution in [0.25, 0.3) is 0 Å². The Kier molecular flexibility index (Phi) is 4.65. The van der Waals surface area contributed by atoms with E-state index in [0.717, 1.165) is 5.92 Å². The normalized spacial score (nSPS) is 25.9. The average Bonchev–Trinajstić information content (AvgIpc) is 2.40. The van der Waals surface area contributed by atoms with Crippen LogP contribution >= 0.6 is 0 Å². The van der Waals surface area contributed by atoms with E-state index in [2.05, 4.69) is 19.2 Å². The number of hydrogen-bond acceptors (Lipinski definition) is 2. The number of aromatic hydroxyl groups is 1. The number of rotatable bonds is 4. The maximum absolute atomic E-state index is 9.30. The maximum Gasteiger partial charge on any atom is 0.115 e. The predicted octanol–water partition coefficient (Wildman–Crippen LogP) is 4.01. The van der Waals surface area contributed by atoms with Gasteiger partial charge in [0.2, 0.25) is 0 Å². The number of benzene rings is 1. The third-order valence-corrected chi connectivity index (χ3v) is 4.30. The van der Waals surface area contributed by atoms with Gasteiger partial charge in [-0.2, -0.15) is 0 Å². The molecule has 1 fully saturated rings. The van der Waals surface area contributed by atoms with Gasteiger partial charge in [0.1, 0.15) is 5.75 Å². The molecule has 0 heterocycles. The molecule has 0 radical (unpaired) electrons. The van der Waals surface area contributed by atoms with Crippen molar-refractivity contribution in [1.82, 2.24) is 5.32 Å². The minimum atomic E-state index is 0.342. The van der Waals surface area contributed by atoms with Crippen molar-refractivity contribution in [3.63, 3.8) is 0 Å². The first-order chi connectivity index (χ1) is 8.69. The van der Waals surface area contributed by atoms with Crippen molar-refractivity contribution in [2.24, 2.45) is 5.92 Å². The molecule has 1 aliphatic rings. The molecule has 1 aromatic carbocycles. The largest absolute Gasteiger partial charge is 0.508 e. The lowest BCUT2D eigenvalue weighted by atomic mass is 9.84. The molecule has 1 atom stereocenters. The van der Waals surface area contributed by atoms with Gasteiger partial charge in [0, 0.05) is 12.1 Å². The van der Waals surface area contributed by atoms with Gasteiger partial charge in [-0.25, -0.2) is 0 Å². The van der Waals surface area contributed by atoms with Crippen LogP contribution in [-0.4, -0.2) is 11.1 Å². The van der Waals surface area contributed by atoms with Crippen LogP contribution in [0.5, 0.6) is 5.75 Å². The highest BCUT2D eigenvalue weighted by atomic mass is 16.3. The zero-order chi connectivity index (χ0) is 13.0. The zero-order valence-corrected chi connectivity index (χ0v) is 11.5. The molecule has 0 bridgehead atoms. The van der Waals surface area contributed by atoms with E-state index in [0.29, 0.717) is 17.8 Å². The van der Waals surface area contributed by atoms with Crippen molar-refractivity contribution < 1.29 is 5.11 Å². The summed E-state index contributed by atoms with van der Waals surface area (Å²) in [6, 6.07) is 8.57. The van der Waals surface area contributed by atoms with Gasteiger partial charge >= 0.3 is 0 Å². The van der Waals surface area contributed by atoms with Gasteiger partial charge in [0.15, 0.2) is 0 Å². The Balaban J connectivity index is 1.84. The van der Waals surface area contributed by atoms with Crippen LogP contribution in [0.1, 0.15) is 57.6 Å². The summed E-state index contributed by atoms with van der Waals surface area (Å²) in [6.45, 7) is 4.51. The second kappa shape index (κ2) is 6.24. The van der Waals surface area contributed by atoms with Crippen LogP contribution in [0.3, 0.4) is 0 Å². The molecule has 18 heavy (non-hydrogen) atoms. The third kappa shape index (κ3) is 3.49. The van der Waals surface area contributed by atoms with E-state index >= 15 is 0 Å². The van der Waals surface area contributed by atoms with Crippen LogP contribution in [0, 0.1) is 5.92 Å². The fraction of sp³-hybridized carbons (Fsp3) is 0.625. The first kappa shape index (κ1) is 13.4. The molecule has 100 valence electrons. The molecule has 2 N–H and O–H groups in total. The lowest BCUT2D eigenvalue weighted by molar-refractivity contribution is 0.273. The SMILES string of the molecule is CCC1CCC(NC(C)c2ccc(O)cc2)CC1. The molecule has 0 spiro atoms. The molecule has 1 unspecified atom stereocenters. The second-order valence-corrected chi connectivity index (χ2v) is 5.61. The van der Waals surface area contributed by atoms with E-state index in [4.69, 9.17) is 0 Å². The van der Waals surface area contributed by atoms with Crippen LogP contribution < -0.4 is 5.32 Å². The standard InChI is InChI=1S/C16H25NO/c1-3-13-4-8-15(9-5-13)17-12(2)14-6-10-16(18)11-7-14/h6-7,10-13,15,17-18H,3-5,8-9H2,1-2H3. The highest BCUT2D eigenvalue weighted by molar-refractivity contribution is 5.27. The summed E-state index contributed by atoms with van der Waals surface area (Å²) in [5.41, 5.74) is 1.26. The molecule has 1 aliphatic carbocycles. The molecular formula is C16H25NO. The molecule has 2 heteroatoms. The minimum absolute atomic E-state index is 0.342. The van der Waals surface area contributed by atoms with Crippen LogP contribution in [0.2, 0.25) is 0 Å². The molecule has 0 aromatic heterocycles. The lowest BCUT2D eigenvalue weighted by Gasteiger charge is -2.31. The molecule has 0 aliphatic heterocycles. The van der Waals surface area contributed by atoms with Crippen molar-refractivity contribution in [3.05, 3.63) is 29.8 Å². The van der Waals surface area contributed by atoms with E-state index in [1.807, 2.05) is 12.1 Å².